The Morgan fingerprint density at radius 3 is 2.42 bits per heavy atom. The molecule has 1 amide bonds. The number of hydrogen-bond donors (Lipinski definition) is 2. The Kier molecular flexibility index (Phi) is 5.79. The van der Waals surface area contributed by atoms with E-state index in [-0.39, 0.29) is 17.3 Å². The fraction of sp³-hybridized carbons (Fsp3) is 0.235. The van der Waals surface area contributed by atoms with Gasteiger partial charge in [-0.1, -0.05) is 28.9 Å². The molecule has 24 heavy (non-hydrogen) atoms. The Bertz CT molecular complexity index is 879. The van der Waals surface area contributed by atoms with Crippen molar-refractivity contribution in [3.63, 3.8) is 0 Å². The van der Waals surface area contributed by atoms with E-state index in [0.717, 1.165) is 10.0 Å². The largest absolute Gasteiger partial charge is 0.322 e. The number of carbonyl (C=O) groups is 1. The molecule has 0 saturated carbocycles. The van der Waals surface area contributed by atoms with Crippen LogP contribution in [0, 0.1) is 13.8 Å². The standard InChI is InChI=1S/C17H19BrN2O3S/c1-4-19-24(22,23)14-7-5-11(2)15(10-14)17(21)20-13-6-8-16(18)12(3)9-13/h5-10,19H,4H2,1-3H3,(H,20,21). The second kappa shape index (κ2) is 7.46. The molecule has 0 bridgehead atoms. The minimum atomic E-state index is -3.60. The number of aryl methyl sites for hydroxylation is 2. The van der Waals surface area contributed by atoms with Gasteiger partial charge >= 0.3 is 0 Å². The highest BCUT2D eigenvalue weighted by Crippen LogP contribution is 2.22. The van der Waals surface area contributed by atoms with Crippen molar-refractivity contribution < 1.29 is 13.2 Å². The van der Waals surface area contributed by atoms with E-state index in [1.807, 2.05) is 19.1 Å². The van der Waals surface area contributed by atoms with Gasteiger partial charge in [0.25, 0.3) is 5.91 Å². The van der Waals surface area contributed by atoms with Gasteiger partial charge in [-0.15, -0.1) is 0 Å². The van der Waals surface area contributed by atoms with E-state index >= 15 is 0 Å². The van der Waals surface area contributed by atoms with E-state index in [2.05, 4.69) is 26.0 Å². The van der Waals surface area contributed by atoms with Crippen molar-refractivity contribution in [2.24, 2.45) is 0 Å². The highest BCUT2D eigenvalue weighted by Gasteiger charge is 2.17. The fourth-order valence-electron chi connectivity index (χ4n) is 2.21. The Morgan fingerprint density at radius 2 is 1.79 bits per heavy atom. The van der Waals surface area contributed by atoms with Crippen LogP contribution in [0.4, 0.5) is 5.69 Å². The first kappa shape index (κ1) is 18.6. The van der Waals surface area contributed by atoms with E-state index in [1.165, 1.54) is 12.1 Å². The average molecular weight is 411 g/mol. The molecule has 7 heteroatoms. The maximum atomic E-state index is 12.5. The molecule has 0 atom stereocenters. The highest BCUT2D eigenvalue weighted by molar-refractivity contribution is 9.10. The first-order valence-corrected chi connectivity index (χ1v) is 9.70. The summed E-state index contributed by atoms with van der Waals surface area (Å²) in [6.45, 7) is 5.69. The molecule has 0 aliphatic rings. The van der Waals surface area contributed by atoms with Crippen molar-refractivity contribution in [1.29, 1.82) is 0 Å². The number of anilines is 1. The highest BCUT2D eigenvalue weighted by atomic mass is 79.9. The number of carbonyl (C=O) groups excluding carboxylic acids is 1. The molecule has 0 aliphatic carbocycles. The summed E-state index contributed by atoms with van der Waals surface area (Å²) in [5.41, 5.74) is 2.68. The predicted molar refractivity (Wildman–Crippen MR) is 98.9 cm³/mol. The summed E-state index contributed by atoms with van der Waals surface area (Å²) in [5, 5.41) is 2.80. The molecule has 0 aliphatic heterocycles. The number of halogens is 1. The van der Waals surface area contributed by atoms with E-state index in [9.17, 15) is 13.2 Å². The van der Waals surface area contributed by atoms with Crippen LogP contribution >= 0.6 is 15.9 Å². The minimum Gasteiger partial charge on any atom is -0.322 e. The molecular weight excluding hydrogens is 392 g/mol. The third-order valence-electron chi connectivity index (χ3n) is 3.51. The van der Waals surface area contributed by atoms with Crippen LogP contribution in [0.2, 0.25) is 0 Å². The molecule has 2 aromatic rings. The van der Waals surface area contributed by atoms with Crippen molar-refractivity contribution in [2.45, 2.75) is 25.7 Å². The first-order valence-electron chi connectivity index (χ1n) is 7.42. The van der Waals surface area contributed by atoms with Crippen LogP contribution in [-0.2, 0) is 10.0 Å². The van der Waals surface area contributed by atoms with Gasteiger partial charge in [-0.3, -0.25) is 4.79 Å². The van der Waals surface area contributed by atoms with Crippen LogP contribution in [-0.4, -0.2) is 20.9 Å². The smallest absolute Gasteiger partial charge is 0.255 e. The number of sulfonamides is 1. The lowest BCUT2D eigenvalue weighted by Crippen LogP contribution is -2.24. The molecule has 2 rings (SSSR count). The van der Waals surface area contributed by atoms with Gasteiger partial charge in [0.05, 0.1) is 4.90 Å². The third kappa shape index (κ3) is 4.23. The summed E-state index contributed by atoms with van der Waals surface area (Å²) in [6, 6.07) is 10.00. The predicted octanol–water partition coefficient (Wildman–Crippen LogP) is 3.62. The zero-order chi connectivity index (χ0) is 17.9. The van der Waals surface area contributed by atoms with Crippen molar-refractivity contribution in [2.75, 3.05) is 11.9 Å². The zero-order valence-corrected chi connectivity index (χ0v) is 16.1. The zero-order valence-electron chi connectivity index (χ0n) is 13.7. The molecule has 0 spiro atoms. The van der Waals surface area contributed by atoms with Gasteiger partial charge in [0.15, 0.2) is 0 Å². The summed E-state index contributed by atoms with van der Waals surface area (Å²) in [5.74, 6) is -0.345. The topological polar surface area (TPSA) is 75.3 Å². The maximum absolute atomic E-state index is 12.5. The van der Waals surface area contributed by atoms with Gasteiger partial charge in [0.2, 0.25) is 10.0 Å². The second-order valence-corrected chi connectivity index (χ2v) is 8.02. The molecule has 5 nitrogen and oxygen atoms in total. The molecule has 0 radical (unpaired) electrons. The quantitative estimate of drug-likeness (QED) is 0.789. The lowest BCUT2D eigenvalue weighted by atomic mass is 10.1. The van der Waals surface area contributed by atoms with Crippen LogP contribution in [0.5, 0.6) is 0 Å². The SMILES string of the molecule is CCNS(=O)(=O)c1ccc(C)c(C(=O)Nc2ccc(Br)c(C)c2)c1. The lowest BCUT2D eigenvalue weighted by Gasteiger charge is -2.11. The molecule has 128 valence electrons. The average Bonchev–Trinajstić information content (AvgIpc) is 2.51. The Hall–Kier alpha value is -1.70. The molecule has 0 fully saturated rings. The van der Waals surface area contributed by atoms with Gasteiger partial charge in [0, 0.05) is 22.3 Å². The molecular formula is C17H19BrN2O3S. The van der Waals surface area contributed by atoms with E-state index in [4.69, 9.17) is 0 Å². The van der Waals surface area contributed by atoms with Crippen LogP contribution in [0.3, 0.4) is 0 Å². The molecule has 0 aromatic heterocycles. The Balaban J connectivity index is 2.33. The molecule has 2 aromatic carbocycles. The van der Waals surface area contributed by atoms with E-state index in [1.54, 1.807) is 26.0 Å². The number of benzene rings is 2. The summed E-state index contributed by atoms with van der Waals surface area (Å²) >= 11 is 3.41. The minimum absolute atomic E-state index is 0.0760. The summed E-state index contributed by atoms with van der Waals surface area (Å²) in [6.07, 6.45) is 0. The van der Waals surface area contributed by atoms with Crippen molar-refractivity contribution in [3.05, 3.63) is 57.6 Å². The number of nitrogens with one attached hydrogen (secondary N) is 2. The number of rotatable bonds is 5. The number of amides is 1. The normalized spacial score (nSPS) is 11.3. The van der Waals surface area contributed by atoms with E-state index in [0.29, 0.717) is 16.8 Å². The first-order chi connectivity index (χ1) is 11.2. The maximum Gasteiger partial charge on any atom is 0.255 e. The Labute approximate surface area is 150 Å². The van der Waals surface area contributed by atoms with Crippen molar-refractivity contribution in [3.8, 4) is 0 Å². The van der Waals surface area contributed by atoms with Gasteiger partial charge in [-0.2, -0.15) is 0 Å². The lowest BCUT2D eigenvalue weighted by molar-refractivity contribution is 0.102. The third-order valence-corrected chi connectivity index (χ3v) is 5.95. The molecule has 2 N–H and O–H groups in total. The molecule has 0 unspecified atom stereocenters. The van der Waals surface area contributed by atoms with Gasteiger partial charge < -0.3 is 5.32 Å². The van der Waals surface area contributed by atoms with Crippen LogP contribution in [0.15, 0.2) is 45.8 Å². The van der Waals surface area contributed by atoms with Crippen LogP contribution in [0.1, 0.15) is 28.4 Å². The molecule has 0 saturated heterocycles. The van der Waals surface area contributed by atoms with E-state index < -0.39 is 10.0 Å². The molecule has 0 heterocycles. The van der Waals surface area contributed by atoms with Crippen molar-refractivity contribution >= 4 is 37.5 Å². The number of hydrogen-bond acceptors (Lipinski definition) is 3. The van der Waals surface area contributed by atoms with Gasteiger partial charge in [-0.25, -0.2) is 13.1 Å². The van der Waals surface area contributed by atoms with Gasteiger partial charge in [-0.05, 0) is 55.3 Å². The fourth-order valence-corrected chi connectivity index (χ4v) is 3.52. The summed E-state index contributed by atoms with van der Waals surface area (Å²) < 4.78 is 27.6. The van der Waals surface area contributed by atoms with Crippen LogP contribution in [0.25, 0.3) is 0 Å². The second-order valence-electron chi connectivity index (χ2n) is 5.40. The van der Waals surface area contributed by atoms with Crippen molar-refractivity contribution in [1.82, 2.24) is 4.72 Å². The van der Waals surface area contributed by atoms with Crippen LogP contribution < -0.4 is 10.0 Å². The monoisotopic (exact) mass is 410 g/mol. The Morgan fingerprint density at radius 1 is 1.08 bits per heavy atom. The van der Waals surface area contributed by atoms with Gasteiger partial charge in [0.1, 0.15) is 0 Å². The summed E-state index contributed by atoms with van der Waals surface area (Å²) in [7, 11) is -3.60. The summed E-state index contributed by atoms with van der Waals surface area (Å²) in [4.78, 5) is 12.6.